The molecule has 1 N–H and O–H groups in total. The van der Waals surface area contributed by atoms with Crippen molar-refractivity contribution in [2.45, 2.75) is 18.2 Å². The molecule has 0 radical (unpaired) electrons. The second-order valence-electron chi connectivity index (χ2n) is 4.12. The fourth-order valence-corrected chi connectivity index (χ4v) is 3.74. The van der Waals surface area contributed by atoms with Crippen molar-refractivity contribution in [3.05, 3.63) is 23.4 Å². The summed E-state index contributed by atoms with van der Waals surface area (Å²) in [5.41, 5.74) is 2.43. The van der Waals surface area contributed by atoms with Crippen LogP contribution in [0.5, 0.6) is 5.75 Å². The van der Waals surface area contributed by atoms with Gasteiger partial charge in [-0.05, 0) is 24.6 Å². The van der Waals surface area contributed by atoms with Crippen molar-refractivity contribution in [1.29, 1.82) is 0 Å². The van der Waals surface area contributed by atoms with E-state index in [1.807, 2.05) is 6.07 Å². The molecule has 1 aromatic carbocycles. The molecular formula is C11H10ClNO3S. The van der Waals surface area contributed by atoms with Gasteiger partial charge in [0.2, 0.25) is 0 Å². The van der Waals surface area contributed by atoms with E-state index in [2.05, 4.69) is 4.98 Å². The summed E-state index contributed by atoms with van der Waals surface area (Å²) < 4.78 is 28.5. The lowest BCUT2D eigenvalue weighted by Gasteiger charge is -2.00. The average Bonchev–Trinajstić information content (AvgIpc) is 2.73. The third kappa shape index (κ3) is 1.61. The number of hydrogen-bond donors (Lipinski definition) is 1. The van der Waals surface area contributed by atoms with Gasteiger partial charge in [-0.15, -0.1) is 0 Å². The number of ether oxygens (including phenoxy) is 1. The maximum absolute atomic E-state index is 11.5. The molecule has 0 saturated heterocycles. The summed E-state index contributed by atoms with van der Waals surface area (Å²) in [6, 6.07) is 3.67. The molecule has 0 fully saturated rings. The van der Waals surface area contributed by atoms with Crippen LogP contribution in [0.2, 0.25) is 0 Å². The van der Waals surface area contributed by atoms with Crippen molar-refractivity contribution in [3.63, 3.8) is 0 Å². The summed E-state index contributed by atoms with van der Waals surface area (Å²) in [7, 11) is 1.70. The van der Waals surface area contributed by atoms with E-state index in [-0.39, 0.29) is 4.90 Å². The molecule has 90 valence electrons. The molecule has 1 aromatic heterocycles. The third-order valence-electron chi connectivity index (χ3n) is 2.98. The van der Waals surface area contributed by atoms with Crippen LogP contribution in [0, 0.1) is 6.92 Å². The summed E-state index contributed by atoms with van der Waals surface area (Å²) in [5, 5.41) is 0.596. The standard InChI is InChI=1S/C11H10ClNO3S/c1-6-11(17(12,14)15)8-5-10-7(2-3-16-10)4-9(8)13-6/h4-5,13H,2-3H2,1H3. The SMILES string of the molecule is Cc1[nH]c2cc3c(cc2c1S(=O)(=O)Cl)OCC3. The molecule has 2 aromatic rings. The van der Waals surface area contributed by atoms with E-state index >= 15 is 0 Å². The molecule has 1 aliphatic rings. The Morgan fingerprint density at radius 3 is 2.88 bits per heavy atom. The zero-order valence-electron chi connectivity index (χ0n) is 9.08. The van der Waals surface area contributed by atoms with Crippen LogP contribution in [-0.4, -0.2) is 20.0 Å². The number of aromatic nitrogens is 1. The topological polar surface area (TPSA) is 59.2 Å². The first kappa shape index (κ1) is 10.9. The molecule has 0 atom stereocenters. The van der Waals surface area contributed by atoms with Crippen LogP contribution < -0.4 is 4.74 Å². The van der Waals surface area contributed by atoms with E-state index in [0.717, 1.165) is 23.3 Å². The Kier molecular flexibility index (Phi) is 2.18. The Morgan fingerprint density at radius 1 is 1.41 bits per heavy atom. The fraction of sp³-hybridized carbons (Fsp3) is 0.273. The van der Waals surface area contributed by atoms with Gasteiger partial charge in [0.1, 0.15) is 10.6 Å². The summed E-state index contributed by atoms with van der Waals surface area (Å²) in [4.78, 5) is 3.19. The van der Waals surface area contributed by atoms with Crippen molar-refractivity contribution in [2.24, 2.45) is 0 Å². The number of H-pyrrole nitrogens is 1. The molecule has 4 nitrogen and oxygen atoms in total. The molecule has 2 heterocycles. The van der Waals surface area contributed by atoms with Gasteiger partial charge in [-0.3, -0.25) is 0 Å². The predicted octanol–water partition coefficient (Wildman–Crippen LogP) is 2.34. The Hall–Kier alpha value is -1.20. The van der Waals surface area contributed by atoms with Crippen molar-refractivity contribution in [1.82, 2.24) is 4.98 Å². The monoisotopic (exact) mass is 271 g/mol. The minimum Gasteiger partial charge on any atom is -0.493 e. The Labute approximate surface area is 103 Å². The minimum atomic E-state index is -3.75. The molecule has 1 aliphatic heterocycles. The zero-order chi connectivity index (χ0) is 12.2. The molecule has 0 bridgehead atoms. The Morgan fingerprint density at radius 2 is 2.18 bits per heavy atom. The second-order valence-corrected chi connectivity index (χ2v) is 6.62. The quantitative estimate of drug-likeness (QED) is 0.810. The number of rotatable bonds is 1. The van der Waals surface area contributed by atoms with Crippen LogP contribution >= 0.6 is 10.7 Å². The largest absolute Gasteiger partial charge is 0.493 e. The zero-order valence-corrected chi connectivity index (χ0v) is 10.7. The van der Waals surface area contributed by atoms with Gasteiger partial charge in [0.25, 0.3) is 9.05 Å². The van der Waals surface area contributed by atoms with E-state index in [1.165, 1.54) is 0 Å². The van der Waals surface area contributed by atoms with Crippen LogP contribution in [0.1, 0.15) is 11.3 Å². The van der Waals surface area contributed by atoms with E-state index < -0.39 is 9.05 Å². The number of fused-ring (bicyclic) bond motifs is 2. The lowest BCUT2D eigenvalue weighted by atomic mass is 10.1. The lowest BCUT2D eigenvalue weighted by molar-refractivity contribution is 0.357. The smallest absolute Gasteiger partial charge is 0.263 e. The van der Waals surface area contributed by atoms with Crippen LogP contribution in [-0.2, 0) is 15.5 Å². The highest BCUT2D eigenvalue weighted by Crippen LogP contribution is 2.35. The number of aryl methyl sites for hydroxylation is 1. The Bertz CT molecular complexity index is 718. The van der Waals surface area contributed by atoms with Gasteiger partial charge in [-0.25, -0.2) is 8.42 Å². The van der Waals surface area contributed by atoms with Crippen molar-refractivity contribution in [3.8, 4) is 5.75 Å². The molecule has 6 heteroatoms. The number of aromatic amines is 1. The van der Waals surface area contributed by atoms with Gasteiger partial charge in [-0.2, -0.15) is 0 Å². The Balaban J connectivity index is 2.41. The second kappa shape index (κ2) is 3.40. The summed E-state index contributed by atoms with van der Waals surface area (Å²) >= 11 is 0. The summed E-state index contributed by atoms with van der Waals surface area (Å²) in [6.45, 7) is 2.34. The maximum atomic E-state index is 11.5. The molecule has 0 aliphatic carbocycles. The molecular weight excluding hydrogens is 262 g/mol. The van der Waals surface area contributed by atoms with E-state index in [0.29, 0.717) is 17.7 Å². The van der Waals surface area contributed by atoms with Crippen molar-refractivity contribution < 1.29 is 13.2 Å². The van der Waals surface area contributed by atoms with Crippen molar-refractivity contribution >= 4 is 30.6 Å². The minimum absolute atomic E-state index is 0.146. The van der Waals surface area contributed by atoms with Gasteiger partial charge in [0, 0.05) is 33.7 Å². The first-order chi connectivity index (χ1) is 7.97. The average molecular weight is 272 g/mol. The summed E-state index contributed by atoms with van der Waals surface area (Å²) in [6.07, 6.45) is 0.853. The van der Waals surface area contributed by atoms with E-state index in [4.69, 9.17) is 15.4 Å². The van der Waals surface area contributed by atoms with Crippen LogP contribution in [0.3, 0.4) is 0 Å². The van der Waals surface area contributed by atoms with Gasteiger partial charge in [0.05, 0.1) is 6.61 Å². The maximum Gasteiger partial charge on any atom is 0.263 e. The highest BCUT2D eigenvalue weighted by atomic mass is 35.7. The summed E-state index contributed by atoms with van der Waals surface area (Å²) in [5.74, 6) is 0.748. The van der Waals surface area contributed by atoms with Gasteiger partial charge < -0.3 is 9.72 Å². The number of halogens is 1. The number of hydrogen-bond acceptors (Lipinski definition) is 3. The van der Waals surface area contributed by atoms with Crippen LogP contribution in [0.25, 0.3) is 10.9 Å². The molecule has 3 rings (SSSR count). The molecule has 0 unspecified atom stereocenters. The lowest BCUT2D eigenvalue weighted by Crippen LogP contribution is -1.91. The molecule has 0 amide bonds. The molecule has 0 saturated carbocycles. The highest BCUT2D eigenvalue weighted by molar-refractivity contribution is 8.14. The predicted molar refractivity (Wildman–Crippen MR) is 65.3 cm³/mol. The van der Waals surface area contributed by atoms with Crippen LogP contribution in [0.4, 0.5) is 0 Å². The van der Waals surface area contributed by atoms with E-state index in [9.17, 15) is 8.42 Å². The van der Waals surface area contributed by atoms with Crippen LogP contribution in [0.15, 0.2) is 17.0 Å². The highest BCUT2D eigenvalue weighted by Gasteiger charge is 2.23. The van der Waals surface area contributed by atoms with Gasteiger partial charge in [0.15, 0.2) is 0 Å². The number of nitrogens with one attached hydrogen (secondary N) is 1. The first-order valence-electron chi connectivity index (χ1n) is 5.19. The van der Waals surface area contributed by atoms with E-state index in [1.54, 1.807) is 13.0 Å². The van der Waals surface area contributed by atoms with Crippen molar-refractivity contribution in [2.75, 3.05) is 6.61 Å². The normalized spacial score (nSPS) is 14.9. The third-order valence-corrected chi connectivity index (χ3v) is 4.46. The number of benzene rings is 1. The first-order valence-corrected chi connectivity index (χ1v) is 7.50. The fourth-order valence-electron chi connectivity index (χ4n) is 2.29. The van der Waals surface area contributed by atoms with Gasteiger partial charge >= 0.3 is 0 Å². The molecule has 0 spiro atoms. The van der Waals surface area contributed by atoms with Gasteiger partial charge in [-0.1, -0.05) is 0 Å². The molecule has 17 heavy (non-hydrogen) atoms.